The fourth-order valence-corrected chi connectivity index (χ4v) is 3.29. The van der Waals surface area contributed by atoms with Crippen LogP contribution >= 0.6 is 11.3 Å². The number of hydrogen-bond acceptors (Lipinski definition) is 3. The fraction of sp³-hybridized carbons (Fsp3) is 0.400. The van der Waals surface area contributed by atoms with Gasteiger partial charge in [0.2, 0.25) is 0 Å². The van der Waals surface area contributed by atoms with E-state index in [1.165, 1.54) is 30.5 Å². The van der Waals surface area contributed by atoms with Crippen molar-refractivity contribution in [2.45, 2.75) is 32.2 Å². The summed E-state index contributed by atoms with van der Waals surface area (Å²) in [5.41, 5.74) is 2.43. The second kappa shape index (κ2) is 5.11. The highest BCUT2D eigenvalue weighted by Gasteiger charge is 2.20. The largest absolute Gasteiger partial charge is 0.382 e. The van der Waals surface area contributed by atoms with Gasteiger partial charge in [-0.2, -0.15) is 0 Å². The third-order valence-corrected chi connectivity index (χ3v) is 4.45. The van der Waals surface area contributed by atoms with Gasteiger partial charge in [-0.1, -0.05) is 6.92 Å². The van der Waals surface area contributed by atoms with Crippen LogP contribution in [0.4, 0.5) is 5.69 Å². The molecule has 1 N–H and O–H groups in total. The predicted octanol–water partition coefficient (Wildman–Crippen LogP) is 4.41. The molecule has 0 aliphatic heterocycles. The average molecular weight is 258 g/mol. The van der Waals surface area contributed by atoms with E-state index in [0.717, 1.165) is 10.9 Å². The lowest BCUT2D eigenvalue weighted by Gasteiger charge is -2.14. The summed E-state index contributed by atoms with van der Waals surface area (Å²) >= 11 is 1.68. The van der Waals surface area contributed by atoms with Crippen LogP contribution < -0.4 is 5.32 Å². The molecule has 2 aromatic rings. The van der Waals surface area contributed by atoms with Crippen LogP contribution in [-0.4, -0.2) is 11.0 Å². The van der Waals surface area contributed by atoms with Gasteiger partial charge in [0.25, 0.3) is 0 Å². The Bertz CT molecular complexity index is 490. The first-order valence-corrected chi connectivity index (χ1v) is 7.46. The van der Waals surface area contributed by atoms with E-state index in [0.29, 0.717) is 6.04 Å². The minimum absolute atomic E-state index is 0.658. The molecule has 2 unspecified atom stereocenters. The maximum atomic E-state index is 4.33. The lowest BCUT2D eigenvalue weighted by molar-refractivity contribution is 0.602. The zero-order valence-corrected chi connectivity index (χ0v) is 11.4. The number of rotatable bonds is 3. The predicted molar refractivity (Wildman–Crippen MR) is 78.0 cm³/mol. The van der Waals surface area contributed by atoms with Crippen LogP contribution in [0.15, 0.2) is 35.8 Å². The molecule has 94 valence electrons. The van der Waals surface area contributed by atoms with E-state index in [9.17, 15) is 0 Å². The third kappa shape index (κ3) is 2.56. The van der Waals surface area contributed by atoms with Gasteiger partial charge in [0.05, 0.1) is 0 Å². The Labute approximate surface area is 112 Å². The Morgan fingerprint density at radius 3 is 2.67 bits per heavy atom. The van der Waals surface area contributed by atoms with Crippen LogP contribution in [0.1, 0.15) is 26.2 Å². The maximum absolute atomic E-state index is 4.33. The summed E-state index contributed by atoms with van der Waals surface area (Å²) in [6.45, 7) is 2.34. The van der Waals surface area contributed by atoms with Gasteiger partial charge < -0.3 is 5.32 Å². The van der Waals surface area contributed by atoms with Crippen molar-refractivity contribution in [1.82, 2.24) is 4.98 Å². The van der Waals surface area contributed by atoms with E-state index in [1.54, 1.807) is 11.3 Å². The van der Waals surface area contributed by atoms with Crippen LogP contribution in [0.3, 0.4) is 0 Å². The van der Waals surface area contributed by atoms with Gasteiger partial charge in [-0.25, -0.2) is 4.98 Å². The Kier molecular flexibility index (Phi) is 3.33. The maximum Gasteiger partial charge on any atom is 0.123 e. The molecule has 0 spiro atoms. The third-order valence-electron chi connectivity index (χ3n) is 3.63. The molecule has 0 amide bonds. The molecule has 0 radical (unpaired) electrons. The van der Waals surface area contributed by atoms with Crippen molar-refractivity contribution in [2.24, 2.45) is 5.92 Å². The number of nitrogens with one attached hydrogen (secondary N) is 1. The van der Waals surface area contributed by atoms with E-state index in [-0.39, 0.29) is 0 Å². The first-order chi connectivity index (χ1) is 8.81. The summed E-state index contributed by atoms with van der Waals surface area (Å²) in [5, 5.41) is 6.74. The number of thiazole rings is 1. The van der Waals surface area contributed by atoms with E-state index in [2.05, 4.69) is 41.5 Å². The Hall–Kier alpha value is -1.35. The van der Waals surface area contributed by atoms with Gasteiger partial charge in [-0.3, -0.25) is 0 Å². The van der Waals surface area contributed by atoms with Crippen molar-refractivity contribution >= 4 is 17.0 Å². The number of benzene rings is 1. The van der Waals surface area contributed by atoms with Crippen molar-refractivity contribution in [3.63, 3.8) is 0 Å². The Balaban J connectivity index is 1.68. The summed E-state index contributed by atoms with van der Waals surface area (Å²) in [6.07, 6.45) is 5.81. The lowest BCUT2D eigenvalue weighted by Crippen LogP contribution is -2.14. The Morgan fingerprint density at radius 1 is 1.22 bits per heavy atom. The highest BCUT2D eigenvalue weighted by molar-refractivity contribution is 7.13. The molecular weight excluding hydrogens is 240 g/mol. The monoisotopic (exact) mass is 258 g/mol. The molecular formula is C15H18N2S. The van der Waals surface area contributed by atoms with Gasteiger partial charge in [0.1, 0.15) is 5.01 Å². The standard InChI is InChI=1S/C15H18N2S/c1-11-2-5-14(10-11)17-13-6-3-12(4-7-13)15-16-8-9-18-15/h3-4,6-9,11,14,17H,2,5,10H2,1H3. The van der Waals surface area contributed by atoms with Crippen LogP contribution in [0.2, 0.25) is 0 Å². The molecule has 18 heavy (non-hydrogen) atoms. The van der Waals surface area contributed by atoms with Gasteiger partial charge in [-0.05, 0) is 49.4 Å². The van der Waals surface area contributed by atoms with Crippen molar-refractivity contribution < 1.29 is 0 Å². The molecule has 0 bridgehead atoms. The summed E-state index contributed by atoms with van der Waals surface area (Å²) in [6, 6.07) is 9.30. The molecule has 1 heterocycles. The highest BCUT2D eigenvalue weighted by Crippen LogP contribution is 2.28. The van der Waals surface area contributed by atoms with E-state index < -0.39 is 0 Å². The smallest absolute Gasteiger partial charge is 0.123 e. The quantitative estimate of drug-likeness (QED) is 0.882. The first kappa shape index (κ1) is 11.7. The van der Waals surface area contributed by atoms with Gasteiger partial charge in [0.15, 0.2) is 0 Å². The minimum Gasteiger partial charge on any atom is -0.382 e. The van der Waals surface area contributed by atoms with E-state index in [1.807, 2.05) is 11.6 Å². The topological polar surface area (TPSA) is 24.9 Å². The van der Waals surface area contributed by atoms with Crippen molar-refractivity contribution in [3.8, 4) is 10.6 Å². The minimum atomic E-state index is 0.658. The molecule has 1 saturated carbocycles. The fourth-order valence-electron chi connectivity index (χ4n) is 2.65. The second-order valence-corrected chi connectivity index (χ2v) is 6.07. The normalized spacial score (nSPS) is 23.2. The molecule has 0 saturated heterocycles. The van der Waals surface area contributed by atoms with Crippen molar-refractivity contribution in [1.29, 1.82) is 0 Å². The summed E-state index contributed by atoms with van der Waals surface area (Å²) < 4.78 is 0. The highest BCUT2D eigenvalue weighted by atomic mass is 32.1. The molecule has 1 aliphatic carbocycles. The average Bonchev–Trinajstić information content (AvgIpc) is 3.02. The number of hydrogen-bond donors (Lipinski definition) is 1. The second-order valence-electron chi connectivity index (χ2n) is 5.17. The molecule has 1 fully saturated rings. The summed E-state index contributed by atoms with van der Waals surface area (Å²) in [4.78, 5) is 4.33. The zero-order valence-electron chi connectivity index (χ0n) is 10.6. The zero-order chi connectivity index (χ0) is 12.4. The van der Waals surface area contributed by atoms with Gasteiger partial charge in [0, 0.05) is 28.9 Å². The molecule has 1 aromatic heterocycles. The van der Waals surface area contributed by atoms with Crippen LogP contribution in [0.25, 0.3) is 10.6 Å². The molecule has 3 heteroatoms. The van der Waals surface area contributed by atoms with E-state index >= 15 is 0 Å². The molecule has 1 aliphatic rings. The molecule has 3 rings (SSSR count). The summed E-state index contributed by atoms with van der Waals surface area (Å²) in [7, 11) is 0. The molecule has 2 atom stereocenters. The van der Waals surface area contributed by atoms with Crippen LogP contribution in [0, 0.1) is 5.92 Å². The van der Waals surface area contributed by atoms with E-state index in [4.69, 9.17) is 0 Å². The van der Waals surface area contributed by atoms with Gasteiger partial charge in [-0.15, -0.1) is 11.3 Å². The number of nitrogens with zero attached hydrogens (tertiary/aromatic N) is 1. The lowest BCUT2D eigenvalue weighted by atomic mass is 10.1. The van der Waals surface area contributed by atoms with Crippen molar-refractivity contribution in [2.75, 3.05) is 5.32 Å². The van der Waals surface area contributed by atoms with Crippen LogP contribution in [0.5, 0.6) is 0 Å². The SMILES string of the molecule is CC1CCC(Nc2ccc(-c3nccs3)cc2)C1. The Morgan fingerprint density at radius 2 is 2.06 bits per heavy atom. The first-order valence-electron chi connectivity index (χ1n) is 6.58. The number of anilines is 1. The number of aromatic nitrogens is 1. The summed E-state index contributed by atoms with van der Waals surface area (Å²) in [5.74, 6) is 0.872. The van der Waals surface area contributed by atoms with Gasteiger partial charge >= 0.3 is 0 Å². The van der Waals surface area contributed by atoms with Crippen molar-refractivity contribution in [3.05, 3.63) is 35.8 Å². The molecule has 2 nitrogen and oxygen atoms in total. The molecule has 1 aromatic carbocycles. The van der Waals surface area contributed by atoms with Crippen LogP contribution in [-0.2, 0) is 0 Å².